The maximum absolute atomic E-state index is 9.20. The molecule has 0 fully saturated rings. The van der Waals surface area contributed by atoms with E-state index in [2.05, 4.69) is 145 Å². The van der Waals surface area contributed by atoms with Crippen LogP contribution in [-0.2, 0) is 0 Å². The zero-order valence-corrected chi connectivity index (χ0v) is 33.3. The number of hydrogen-bond acceptors (Lipinski definition) is 2. The van der Waals surface area contributed by atoms with Crippen molar-refractivity contribution < 1.29 is 0 Å². The molecular weight excluding hydrogens is 729 g/mol. The fraction of sp³-hybridized carbons (Fsp3) is 0.0357. The summed E-state index contributed by atoms with van der Waals surface area (Å²) < 4.78 is 2.15. The lowest BCUT2D eigenvalue weighted by Gasteiger charge is -2.29. The van der Waals surface area contributed by atoms with Gasteiger partial charge in [0.15, 0.2) is 0 Å². The summed E-state index contributed by atoms with van der Waals surface area (Å²) in [4.78, 5) is 6.97. The van der Waals surface area contributed by atoms with Crippen molar-refractivity contribution in [1.82, 2.24) is 9.55 Å². The molecule has 1 aromatic heterocycles. The Hall–Kier alpha value is -7.82. The highest BCUT2D eigenvalue weighted by molar-refractivity contribution is 6.12. The van der Waals surface area contributed by atoms with Crippen molar-refractivity contribution >= 4 is 56.4 Å². The molecular formula is C56H44N4. The number of nitrogens with one attached hydrogen (secondary N) is 1. The SMILES string of the molecule is C=C/C(=C\C=C\n1c(-c2ccccc2)nc2ccccc21)c1ccc(C2C=CC=CC2C(=C)c2ccc(N(C(=N)c3ccccc3)c3ccccc3)cc2)c2ccccc12. The van der Waals surface area contributed by atoms with Gasteiger partial charge in [-0.05, 0) is 81.1 Å². The largest absolute Gasteiger partial charge is 0.299 e. The molecule has 4 heteroatoms. The first-order chi connectivity index (χ1) is 29.6. The van der Waals surface area contributed by atoms with Crippen molar-refractivity contribution in [2.75, 3.05) is 4.90 Å². The second-order valence-electron chi connectivity index (χ2n) is 14.9. The van der Waals surface area contributed by atoms with Crippen LogP contribution in [0, 0.1) is 11.3 Å². The quantitative estimate of drug-likeness (QED) is 0.0808. The molecule has 1 aliphatic rings. The number of aromatic nitrogens is 2. The van der Waals surface area contributed by atoms with Crippen LogP contribution in [0.1, 0.15) is 28.2 Å². The van der Waals surface area contributed by atoms with Gasteiger partial charge in [0.1, 0.15) is 11.7 Å². The van der Waals surface area contributed by atoms with Crippen molar-refractivity contribution in [2.24, 2.45) is 5.92 Å². The van der Waals surface area contributed by atoms with Crippen molar-refractivity contribution in [3.05, 3.63) is 254 Å². The number of allylic oxidation sites excluding steroid dienone is 9. The molecule has 1 heterocycles. The van der Waals surface area contributed by atoms with Gasteiger partial charge in [0, 0.05) is 40.5 Å². The second-order valence-corrected chi connectivity index (χ2v) is 14.9. The van der Waals surface area contributed by atoms with Gasteiger partial charge in [0.25, 0.3) is 0 Å². The maximum atomic E-state index is 9.20. The lowest BCUT2D eigenvalue weighted by Crippen LogP contribution is -2.26. The average Bonchev–Trinajstić information content (AvgIpc) is 3.69. The molecule has 60 heavy (non-hydrogen) atoms. The van der Waals surface area contributed by atoms with E-state index in [1.807, 2.05) is 95.9 Å². The van der Waals surface area contributed by atoms with Gasteiger partial charge in [-0.15, -0.1) is 0 Å². The van der Waals surface area contributed by atoms with Gasteiger partial charge in [0.05, 0.1) is 11.0 Å². The molecule has 288 valence electrons. The Morgan fingerprint density at radius 2 is 1.27 bits per heavy atom. The molecule has 4 nitrogen and oxygen atoms in total. The van der Waals surface area contributed by atoms with Crippen molar-refractivity contribution in [1.29, 1.82) is 5.41 Å². The zero-order valence-electron chi connectivity index (χ0n) is 33.3. The van der Waals surface area contributed by atoms with Gasteiger partial charge < -0.3 is 0 Å². The summed E-state index contributed by atoms with van der Waals surface area (Å²) in [5, 5.41) is 11.6. The van der Waals surface area contributed by atoms with Gasteiger partial charge in [-0.25, -0.2) is 4.98 Å². The molecule has 7 aromatic carbocycles. The lowest BCUT2D eigenvalue weighted by atomic mass is 9.75. The van der Waals surface area contributed by atoms with Gasteiger partial charge in [-0.2, -0.15) is 0 Å². The van der Waals surface area contributed by atoms with Crippen LogP contribution in [0.3, 0.4) is 0 Å². The Kier molecular flexibility index (Phi) is 10.7. The molecule has 0 aliphatic heterocycles. The van der Waals surface area contributed by atoms with Gasteiger partial charge in [0.2, 0.25) is 0 Å². The van der Waals surface area contributed by atoms with Crippen molar-refractivity contribution in [3.63, 3.8) is 0 Å². The summed E-state index contributed by atoms with van der Waals surface area (Å²) >= 11 is 0. The molecule has 0 amide bonds. The monoisotopic (exact) mass is 772 g/mol. The smallest absolute Gasteiger partial charge is 0.145 e. The summed E-state index contributed by atoms with van der Waals surface area (Å²) in [5.74, 6) is 1.44. The summed E-state index contributed by atoms with van der Waals surface area (Å²) in [5.41, 5.74) is 11.3. The van der Waals surface area contributed by atoms with E-state index in [9.17, 15) is 5.41 Å². The highest BCUT2D eigenvalue weighted by Crippen LogP contribution is 2.43. The molecule has 0 spiro atoms. The van der Waals surface area contributed by atoms with E-state index in [4.69, 9.17) is 11.6 Å². The van der Waals surface area contributed by atoms with E-state index in [0.29, 0.717) is 5.84 Å². The minimum Gasteiger partial charge on any atom is -0.299 e. The number of nitrogens with zero attached hydrogens (tertiary/aromatic N) is 3. The van der Waals surface area contributed by atoms with E-state index in [1.165, 1.54) is 16.3 Å². The van der Waals surface area contributed by atoms with Gasteiger partial charge in [-0.3, -0.25) is 14.9 Å². The average molecular weight is 773 g/mol. The topological polar surface area (TPSA) is 44.9 Å². The summed E-state index contributed by atoms with van der Waals surface area (Å²) in [6.45, 7) is 8.95. The summed E-state index contributed by atoms with van der Waals surface area (Å²) in [6.07, 6.45) is 17.1. The first kappa shape index (κ1) is 37.7. The predicted octanol–water partition coefficient (Wildman–Crippen LogP) is 14.3. The molecule has 1 aliphatic carbocycles. The Bertz CT molecular complexity index is 2970. The third-order valence-electron chi connectivity index (χ3n) is 11.3. The van der Waals surface area contributed by atoms with E-state index >= 15 is 0 Å². The normalized spacial score (nSPS) is 15.1. The molecule has 8 aromatic rings. The van der Waals surface area contributed by atoms with E-state index in [1.54, 1.807) is 0 Å². The van der Waals surface area contributed by atoms with Gasteiger partial charge >= 0.3 is 0 Å². The first-order valence-electron chi connectivity index (χ1n) is 20.3. The molecule has 1 N–H and O–H groups in total. The molecule has 2 unspecified atom stereocenters. The fourth-order valence-corrected chi connectivity index (χ4v) is 8.32. The van der Waals surface area contributed by atoms with E-state index in [-0.39, 0.29) is 11.8 Å². The van der Waals surface area contributed by atoms with Crippen LogP contribution in [-0.4, -0.2) is 15.4 Å². The van der Waals surface area contributed by atoms with Crippen LogP contribution >= 0.6 is 0 Å². The number of amidine groups is 1. The van der Waals surface area contributed by atoms with Crippen molar-refractivity contribution in [3.8, 4) is 11.4 Å². The third kappa shape index (κ3) is 7.39. The van der Waals surface area contributed by atoms with E-state index in [0.717, 1.165) is 61.6 Å². The number of benzene rings is 7. The summed E-state index contributed by atoms with van der Waals surface area (Å²) in [7, 11) is 0. The van der Waals surface area contributed by atoms with Crippen LogP contribution in [0.4, 0.5) is 11.4 Å². The maximum Gasteiger partial charge on any atom is 0.145 e. The Morgan fingerprint density at radius 3 is 2.02 bits per heavy atom. The highest BCUT2D eigenvalue weighted by Gasteiger charge is 2.26. The standard InChI is InChI=1S/C56H44N4/c1-3-41(24-19-39-59-54-32-18-17-31-53(54)58-56(59)44-22-9-5-10-23-44)48-37-38-52(51-30-16-15-29-50(48)51)49-28-14-13-27-47(49)40(2)42-33-35-46(36-34-42)60(45-25-11-6-12-26-45)55(57)43-20-7-4-8-21-43/h3-39,47,49,57H,1-2H2/b39-19+,41-24+,57-55?. The highest BCUT2D eigenvalue weighted by atomic mass is 15.2. The molecule has 9 rings (SSSR count). The van der Waals surface area contributed by atoms with Crippen LogP contribution in [0.15, 0.2) is 232 Å². The predicted molar refractivity (Wildman–Crippen MR) is 254 cm³/mol. The number of hydrogen-bond donors (Lipinski definition) is 1. The van der Waals surface area contributed by atoms with E-state index < -0.39 is 0 Å². The Labute approximate surface area is 351 Å². The second kappa shape index (κ2) is 17.0. The first-order valence-corrected chi connectivity index (χ1v) is 20.3. The number of fused-ring (bicyclic) bond motifs is 2. The minimum absolute atomic E-state index is 0.0455. The fourth-order valence-electron chi connectivity index (χ4n) is 8.32. The summed E-state index contributed by atoms with van der Waals surface area (Å²) in [6, 6.07) is 60.2. The number of imidazole rings is 1. The van der Waals surface area contributed by atoms with Crippen molar-refractivity contribution in [2.45, 2.75) is 5.92 Å². The molecule has 0 bridgehead atoms. The number of rotatable bonds is 11. The molecule has 2 atom stereocenters. The van der Waals surface area contributed by atoms with Crippen LogP contribution in [0.2, 0.25) is 0 Å². The lowest BCUT2D eigenvalue weighted by molar-refractivity contribution is 0.722. The Morgan fingerprint density at radius 1 is 0.633 bits per heavy atom. The number of anilines is 2. The third-order valence-corrected chi connectivity index (χ3v) is 11.3. The Balaban J connectivity index is 1.02. The zero-order chi connectivity index (χ0) is 40.8. The molecule has 0 radical (unpaired) electrons. The molecule has 0 saturated heterocycles. The minimum atomic E-state index is 0.0455. The van der Waals surface area contributed by atoms with Crippen LogP contribution in [0.25, 0.3) is 50.5 Å². The number of para-hydroxylation sites is 3. The van der Waals surface area contributed by atoms with Crippen LogP contribution < -0.4 is 4.90 Å². The van der Waals surface area contributed by atoms with Gasteiger partial charge in [-0.1, -0.05) is 189 Å². The van der Waals surface area contributed by atoms with Crippen LogP contribution in [0.5, 0.6) is 0 Å². The molecule has 0 saturated carbocycles.